The standard InChI is InChI=1S/C12H20N4O2/c1-9(12(17)18-2)15-6-3-10(4-7-15)16-8-5-11(13)14-16/h5,8-10H,3-4,6-7H2,1-2H3,(H2,13,14). The van der Waals surface area contributed by atoms with Gasteiger partial charge in [0.05, 0.1) is 13.2 Å². The molecule has 1 atom stereocenters. The van der Waals surface area contributed by atoms with Crippen LogP contribution in [0.3, 0.4) is 0 Å². The lowest BCUT2D eigenvalue weighted by Gasteiger charge is -2.34. The van der Waals surface area contributed by atoms with Crippen LogP contribution in [0.15, 0.2) is 12.3 Å². The number of methoxy groups -OCH3 is 1. The highest BCUT2D eigenvalue weighted by molar-refractivity contribution is 5.75. The normalized spacial score (nSPS) is 19.7. The van der Waals surface area contributed by atoms with Gasteiger partial charge in [0.2, 0.25) is 0 Å². The maximum atomic E-state index is 11.5. The molecule has 100 valence electrons. The molecule has 0 amide bonds. The summed E-state index contributed by atoms with van der Waals surface area (Å²) < 4.78 is 6.69. The van der Waals surface area contributed by atoms with E-state index in [1.54, 1.807) is 0 Å². The molecular weight excluding hydrogens is 232 g/mol. The first-order valence-electron chi connectivity index (χ1n) is 6.24. The predicted octanol–water partition coefficient (Wildman–Crippen LogP) is 0.664. The Kier molecular flexibility index (Phi) is 3.86. The van der Waals surface area contributed by atoms with Gasteiger partial charge in [-0.2, -0.15) is 5.10 Å². The second kappa shape index (κ2) is 5.39. The monoisotopic (exact) mass is 252 g/mol. The van der Waals surface area contributed by atoms with Crippen molar-refractivity contribution >= 4 is 11.8 Å². The second-order valence-corrected chi connectivity index (χ2v) is 4.69. The average Bonchev–Trinajstić information content (AvgIpc) is 2.84. The Balaban J connectivity index is 1.90. The molecule has 0 bridgehead atoms. The Labute approximate surface area is 107 Å². The lowest BCUT2D eigenvalue weighted by atomic mass is 10.0. The van der Waals surface area contributed by atoms with Gasteiger partial charge in [0.15, 0.2) is 0 Å². The van der Waals surface area contributed by atoms with Gasteiger partial charge in [-0.15, -0.1) is 0 Å². The summed E-state index contributed by atoms with van der Waals surface area (Å²) in [4.78, 5) is 13.6. The van der Waals surface area contributed by atoms with Crippen molar-refractivity contribution in [3.05, 3.63) is 12.3 Å². The third kappa shape index (κ3) is 2.64. The first kappa shape index (κ1) is 12.9. The van der Waals surface area contributed by atoms with Crippen molar-refractivity contribution in [3.8, 4) is 0 Å². The number of anilines is 1. The maximum Gasteiger partial charge on any atom is 0.322 e. The van der Waals surface area contributed by atoms with Crippen LogP contribution in [0.5, 0.6) is 0 Å². The van der Waals surface area contributed by atoms with Gasteiger partial charge in [-0.3, -0.25) is 14.4 Å². The number of hydrogen-bond acceptors (Lipinski definition) is 5. The fraction of sp³-hybridized carbons (Fsp3) is 0.667. The van der Waals surface area contributed by atoms with Crippen LogP contribution < -0.4 is 5.73 Å². The first-order valence-corrected chi connectivity index (χ1v) is 6.24. The van der Waals surface area contributed by atoms with Crippen LogP contribution in [-0.2, 0) is 9.53 Å². The van der Waals surface area contributed by atoms with E-state index < -0.39 is 0 Å². The number of ether oxygens (including phenoxy) is 1. The number of nitrogens with two attached hydrogens (primary N) is 1. The van der Waals surface area contributed by atoms with Crippen molar-refractivity contribution < 1.29 is 9.53 Å². The van der Waals surface area contributed by atoms with E-state index in [0.717, 1.165) is 25.9 Å². The topological polar surface area (TPSA) is 73.4 Å². The molecule has 0 saturated carbocycles. The molecule has 0 spiro atoms. The summed E-state index contributed by atoms with van der Waals surface area (Å²) in [5, 5.41) is 4.24. The summed E-state index contributed by atoms with van der Waals surface area (Å²) in [7, 11) is 1.43. The molecule has 1 aliphatic heterocycles. The number of likely N-dealkylation sites (tertiary alicyclic amines) is 1. The molecule has 2 rings (SSSR count). The van der Waals surface area contributed by atoms with Crippen LogP contribution in [0.1, 0.15) is 25.8 Å². The van der Waals surface area contributed by atoms with E-state index in [4.69, 9.17) is 10.5 Å². The van der Waals surface area contributed by atoms with Gasteiger partial charge in [-0.1, -0.05) is 0 Å². The second-order valence-electron chi connectivity index (χ2n) is 4.69. The van der Waals surface area contributed by atoms with Crippen molar-refractivity contribution in [3.63, 3.8) is 0 Å². The summed E-state index contributed by atoms with van der Waals surface area (Å²) >= 11 is 0. The van der Waals surface area contributed by atoms with Gasteiger partial charge >= 0.3 is 5.97 Å². The molecule has 2 heterocycles. The summed E-state index contributed by atoms with van der Waals surface area (Å²) in [5.41, 5.74) is 5.61. The van der Waals surface area contributed by atoms with Gasteiger partial charge in [-0.25, -0.2) is 0 Å². The Morgan fingerprint density at radius 1 is 1.56 bits per heavy atom. The molecule has 1 saturated heterocycles. The van der Waals surface area contributed by atoms with E-state index in [0.29, 0.717) is 11.9 Å². The van der Waals surface area contributed by atoms with Gasteiger partial charge in [0, 0.05) is 19.3 Å². The molecule has 6 heteroatoms. The van der Waals surface area contributed by atoms with Crippen molar-refractivity contribution in [1.82, 2.24) is 14.7 Å². The van der Waals surface area contributed by atoms with Crippen LogP contribution in [0.2, 0.25) is 0 Å². The van der Waals surface area contributed by atoms with E-state index in [2.05, 4.69) is 10.00 Å². The molecule has 1 unspecified atom stereocenters. The average molecular weight is 252 g/mol. The van der Waals surface area contributed by atoms with E-state index in [9.17, 15) is 4.79 Å². The minimum atomic E-state index is -0.170. The van der Waals surface area contributed by atoms with Crippen molar-refractivity contribution in [1.29, 1.82) is 0 Å². The number of esters is 1. The van der Waals surface area contributed by atoms with E-state index >= 15 is 0 Å². The van der Waals surface area contributed by atoms with Crippen molar-refractivity contribution in [2.75, 3.05) is 25.9 Å². The zero-order valence-corrected chi connectivity index (χ0v) is 10.9. The number of nitrogens with zero attached hydrogens (tertiary/aromatic N) is 3. The lowest BCUT2D eigenvalue weighted by molar-refractivity contribution is -0.146. The smallest absolute Gasteiger partial charge is 0.322 e. The molecule has 1 aliphatic rings. The Hall–Kier alpha value is -1.56. The molecular formula is C12H20N4O2. The summed E-state index contributed by atoms with van der Waals surface area (Å²) in [6, 6.07) is 2.02. The lowest BCUT2D eigenvalue weighted by Crippen LogP contribution is -2.44. The SMILES string of the molecule is COC(=O)C(C)N1CCC(n2ccc(N)n2)CC1. The zero-order valence-electron chi connectivity index (χ0n) is 10.9. The highest BCUT2D eigenvalue weighted by Gasteiger charge is 2.27. The Morgan fingerprint density at radius 3 is 2.72 bits per heavy atom. The quantitative estimate of drug-likeness (QED) is 0.800. The Morgan fingerprint density at radius 2 is 2.22 bits per heavy atom. The van der Waals surface area contributed by atoms with Crippen molar-refractivity contribution in [2.24, 2.45) is 0 Å². The number of piperidine rings is 1. The molecule has 0 aromatic carbocycles. The number of aromatic nitrogens is 2. The predicted molar refractivity (Wildman–Crippen MR) is 68.0 cm³/mol. The molecule has 1 aromatic rings. The zero-order chi connectivity index (χ0) is 13.1. The van der Waals surface area contributed by atoms with Crippen molar-refractivity contribution in [2.45, 2.75) is 31.8 Å². The Bertz CT molecular complexity index is 410. The largest absolute Gasteiger partial charge is 0.468 e. The van der Waals surface area contributed by atoms with Gasteiger partial charge < -0.3 is 10.5 Å². The number of rotatable bonds is 3. The number of carbonyl (C=O) groups excluding carboxylic acids is 1. The molecule has 18 heavy (non-hydrogen) atoms. The van der Waals surface area contributed by atoms with Gasteiger partial charge in [-0.05, 0) is 25.8 Å². The van der Waals surface area contributed by atoms with Crippen LogP contribution in [-0.4, -0.2) is 46.9 Å². The molecule has 2 N–H and O–H groups in total. The third-order valence-corrected chi connectivity index (χ3v) is 3.59. The van der Waals surface area contributed by atoms with Crippen LogP contribution in [0.4, 0.5) is 5.82 Å². The summed E-state index contributed by atoms with van der Waals surface area (Å²) in [6.45, 7) is 3.64. The fourth-order valence-corrected chi connectivity index (χ4v) is 2.41. The molecule has 6 nitrogen and oxygen atoms in total. The minimum absolute atomic E-state index is 0.168. The van der Waals surface area contributed by atoms with Gasteiger partial charge in [0.1, 0.15) is 11.9 Å². The van der Waals surface area contributed by atoms with Crippen LogP contribution in [0, 0.1) is 0 Å². The van der Waals surface area contributed by atoms with Gasteiger partial charge in [0.25, 0.3) is 0 Å². The molecule has 0 radical (unpaired) electrons. The highest BCUT2D eigenvalue weighted by atomic mass is 16.5. The van der Waals surface area contributed by atoms with E-state index in [-0.39, 0.29) is 12.0 Å². The molecule has 0 aliphatic carbocycles. The van der Waals surface area contributed by atoms with Crippen LogP contribution in [0.25, 0.3) is 0 Å². The number of hydrogen-bond donors (Lipinski definition) is 1. The summed E-state index contributed by atoms with van der Waals surface area (Å²) in [5.74, 6) is 0.386. The number of nitrogen functional groups attached to an aromatic ring is 1. The summed E-state index contributed by atoms with van der Waals surface area (Å²) in [6.07, 6.45) is 3.87. The maximum absolute atomic E-state index is 11.5. The number of carbonyl (C=O) groups is 1. The fourth-order valence-electron chi connectivity index (χ4n) is 2.41. The molecule has 1 fully saturated rings. The highest BCUT2D eigenvalue weighted by Crippen LogP contribution is 2.23. The third-order valence-electron chi connectivity index (χ3n) is 3.59. The van der Waals surface area contributed by atoms with E-state index in [1.807, 2.05) is 23.9 Å². The molecule has 1 aromatic heterocycles. The minimum Gasteiger partial charge on any atom is -0.468 e. The first-order chi connectivity index (χ1) is 8.61. The van der Waals surface area contributed by atoms with Crippen LogP contribution >= 0.6 is 0 Å². The van der Waals surface area contributed by atoms with E-state index in [1.165, 1.54) is 7.11 Å².